The number of hydrogen-bond donors (Lipinski definition) is 1. The van der Waals surface area contributed by atoms with Crippen molar-refractivity contribution in [2.45, 2.75) is 51.6 Å². The molecule has 1 aliphatic carbocycles. The Morgan fingerprint density at radius 3 is 2.38 bits per heavy atom. The molecule has 0 aromatic carbocycles. The molecule has 1 saturated carbocycles. The molecule has 0 bridgehead atoms. The number of nitrogens with zero attached hydrogens (tertiary/aromatic N) is 1. The average Bonchev–Trinajstić information content (AvgIpc) is 2.82. The highest BCUT2D eigenvalue weighted by atomic mass is 15.1. The maximum atomic E-state index is 3.74. The van der Waals surface area contributed by atoms with E-state index in [9.17, 15) is 0 Å². The van der Waals surface area contributed by atoms with Crippen molar-refractivity contribution in [2.75, 3.05) is 20.1 Å². The Kier molecular flexibility index (Phi) is 3.74. The van der Waals surface area contributed by atoms with E-state index in [4.69, 9.17) is 0 Å². The molecule has 1 fully saturated rings. The van der Waals surface area contributed by atoms with E-state index in [0.29, 0.717) is 11.6 Å². The van der Waals surface area contributed by atoms with Gasteiger partial charge in [0.05, 0.1) is 0 Å². The summed E-state index contributed by atoms with van der Waals surface area (Å²) in [6.45, 7) is 9.15. The van der Waals surface area contributed by atoms with Crippen LogP contribution < -0.4 is 5.32 Å². The second kappa shape index (κ2) is 4.43. The van der Waals surface area contributed by atoms with Crippen LogP contribution in [0.25, 0.3) is 0 Å². The average molecular weight is 184 g/mol. The minimum absolute atomic E-state index is 0.481. The first-order chi connectivity index (χ1) is 6.09. The predicted molar refractivity (Wildman–Crippen MR) is 58.0 cm³/mol. The Balaban J connectivity index is 2.25. The summed E-state index contributed by atoms with van der Waals surface area (Å²) in [4.78, 5) is 2.38. The summed E-state index contributed by atoms with van der Waals surface area (Å²) in [5, 5.41) is 3.74. The zero-order valence-electron chi connectivity index (χ0n) is 9.56. The van der Waals surface area contributed by atoms with Gasteiger partial charge in [-0.3, -0.25) is 0 Å². The predicted octanol–water partition coefficient (Wildman–Crippen LogP) is 1.86. The van der Waals surface area contributed by atoms with Gasteiger partial charge in [-0.15, -0.1) is 0 Å². The molecule has 1 atom stereocenters. The van der Waals surface area contributed by atoms with E-state index >= 15 is 0 Å². The zero-order chi connectivity index (χ0) is 9.90. The van der Waals surface area contributed by atoms with E-state index in [2.05, 4.69) is 38.0 Å². The highest BCUT2D eigenvalue weighted by Gasteiger charge is 2.38. The van der Waals surface area contributed by atoms with E-state index in [-0.39, 0.29) is 0 Å². The van der Waals surface area contributed by atoms with Crippen LogP contribution in [0, 0.1) is 0 Å². The van der Waals surface area contributed by atoms with Crippen LogP contribution >= 0.6 is 0 Å². The number of rotatable bonds is 6. The van der Waals surface area contributed by atoms with E-state index in [1.807, 2.05) is 0 Å². The first-order valence-electron chi connectivity index (χ1n) is 5.56. The monoisotopic (exact) mass is 184 g/mol. The molecule has 78 valence electrons. The fraction of sp³-hybridized carbons (Fsp3) is 1.00. The van der Waals surface area contributed by atoms with Crippen molar-refractivity contribution in [1.29, 1.82) is 0 Å². The Hall–Kier alpha value is -0.0800. The molecular formula is C11H24N2. The van der Waals surface area contributed by atoms with Gasteiger partial charge >= 0.3 is 0 Å². The standard InChI is InChI=1S/C11H24N2/c1-5-10(9-13(4)6-2)12-11(3)7-8-11/h10,12H,5-9H2,1-4H3/t10-/m0/s1. The molecule has 1 aliphatic rings. The molecule has 2 heteroatoms. The van der Waals surface area contributed by atoms with Crippen LogP contribution in [0.5, 0.6) is 0 Å². The van der Waals surface area contributed by atoms with Crippen LogP contribution in [0.3, 0.4) is 0 Å². The summed E-state index contributed by atoms with van der Waals surface area (Å²) in [6, 6.07) is 0.678. The molecule has 0 radical (unpaired) electrons. The van der Waals surface area contributed by atoms with Gasteiger partial charge in [-0.05, 0) is 39.8 Å². The van der Waals surface area contributed by atoms with Crippen molar-refractivity contribution >= 4 is 0 Å². The molecule has 0 amide bonds. The van der Waals surface area contributed by atoms with Gasteiger partial charge in [0.1, 0.15) is 0 Å². The fourth-order valence-corrected chi connectivity index (χ4v) is 1.61. The van der Waals surface area contributed by atoms with Gasteiger partial charge in [0, 0.05) is 18.1 Å². The van der Waals surface area contributed by atoms with Gasteiger partial charge < -0.3 is 10.2 Å². The van der Waals surface area contributed by atoms with Gasteiger partial charge in [-0.1, -0.05) is 13.8 Å². The molecule has 0 spiro atoms. The van der Waals surface area contributed by atoms with Crippen LogP contribution in [0.2, 0.25) is 0 Å². The molecule has 2 nitrogen and oxygen atoms in total. The van der Waals surface area contributed by atoms with Crippen molar-refractivity contribution in [3.8, 4) is 0 Å². The lowest BCUT2D eigenvalue weighted by atomic mass is 10.1. The summed E-state index contributed by atoms with van der Waals surface area (Å²) in [6.07, 6.45) is 3.96. The van der Waals surface area contributed by atoms with Crippen LogP contribution in [0.4, 0.5) is 0 Å². The Morgan fingerprint density at radius 2 is 2.00 bits per heavy atom. The molecule has 0 aliphatic heterocycles. The quantitative estimate of drug-likeness (QED) is 0.678. The maximum absolute atomic E-state index is 3.74. The summed E-state index contributed by atoms with van der Waals surface area (Å²) in [5.41, 5.74) is 0.481. The van der Waals surface area contributed by atoms with Crippen molar-refractivity contribution < 1.29 is 0 Å². The summed E-state index contributed by atoms with van der Waals surface area (Å²) >= 11 is 0. The van der Waals surface area contributed by atoms with Crippen molar-refractivity contribution in [2.24, 2.45) is 0 Å². The molecule has 0 aromatic heterocycles. The summed E-state index contributed by atoms with van der Waals surface area (Å²) in [7, 11) is 2.19. The molecule has 1 rings (SSSR count). The normalized spacial score (nSPS) is 21.9. The Labute approximate surface area is 82.7 Å². The van der Waals surface area contributed by atoms with E-state index < -0.39 is 0 Å². The SMILES string of the molecule is CC[C@@H](CN(C)CC)NC1(C)CC1. The Morgan fingerprint density at radius 1 is 1.38 bits per heavy atom. The van der Waals surface area contributed by atoms with Gasteiger partial charge in [-0.25, -0.2) is 0 Å². The highest BCUT2D eigenvalue weighted by molar-refractivity contribution is 4.99. The van der Waals surface area contributed by atoms with Crippen LogP contribution in [-0.4, -0.2) is 36.6 Å². The van der Waals surface area contributed by atoms with Crippen LogP contribution in [0.15, 0.2) is 0 Å². The number of nitrogens with one attached hydrogen (secondary N) is 1. The molecule has 0 heterocycles. The van der Waals surface area contributed by atoms with Gasteiger partial charge in [0.15, 0.2) is 0 Å². The topological polar surface area (TPSA) is 15.3 Å². The van der Waals surface area contributed by atoms with Crippen molar-refractivity contribution in [3.05, 3.63) is 0 Å². The summed E-state index contributed by atoms with van der Waals surface area (Å²) in [5.74, 6) is 0. The van der Waals surface area contributed by atoms with Gasteiger partial charge in [0.2, 0.25) is 0 Å². The van der Waals surface area contributed by atoms with Gasteiger partial charge in [0.25, 0.3) is 0 Å². The third kappa shape index (κ3) is 3.65. The largest absolute Gasteiger partial charge is 0.308 e. The molecule has 1 N–H and O–H groups in total. The molecule has 0 saturated heterocycles. The third-order valence-corrected chi connectivity index (χ3v) is 3.12. The number of likely N-dealkylation sites (N-methyl/N-ethyl adjacent to an activating group) is 1. The van der Waals surface area contributed by atoms with Crippen molar-refractivity contribution in [1.82, 2.24) is 10.2 Å². The first-order valence-corrected chi connectivity index (χ1v) is 5.56. The molecule has 13 heavy (non-hydrogen) atoms. The Bertz CT molecular complexity index is 152. The second-order valence-electron chi connectivity index (χ2n) is 4.67. The minimum atomic E-state index is 0.481. The summed E-state index contributed by atoms with van der Waals surface area (Å²) < 4.78 is 0. The van der Waals surface area contributed by atoms with Crippen LogP contribution in [-0.2, 0) is 0 Å². The molecular weight excluding hydrogens is 160 g/mol. The highest BCUT2D eigenvalue weighted by Crippen LogP contribution is 2.34. The van der Waals surface area contributed by atoms with E-state index in [1.54, 1.807) is 0 Å². The minimum Gasteiger partial charge on any atom is -0.308 e. The lowest BCUT2D eigenvalue weighted by Crippen LogP contribution is -2.44. The van der Waals surface area contributed by atoms with Crippen molar-refractivity contribution in [3.63, 3.8) is 0 Å². The fourth-order valence-electron chi connectivity index (χ4n) is 1.61. The zero-order valence-corrected chi connectivity index (χ0v) is 9.56. The van der Waals surface area contributed by atoms with E-state index in [1.165, 1.54) is 25.8 Å². The van der Waals surface area contributed by atoms with E-state index in [0.717, 1.165) is 6.54 Å². The lowest BCUT2D eigenvalue weighted by Gasteiger charge is -2.26. The number of hydrogen-bond acceptors (Lipinski definition) is 2. The first kappa shape index (κ1) is 11.0. The second-order valence-corrected chi connectivity index (χ2v) is 4.67. The van der Waals surface area contributed by atoms with Crippen LogP contribution in [0.1, 0.15) is 40.0 Å². The molecule has 0 aromatic rings. The smallest absolute Gasteiger partial charge is 0.0197 e. The lowest BCUT2D eigenvalue weighted by molar-refractivity contribution is 0.280. The maximum Gasteiger partial charge on any atom is 0.0197 e. The van der Waals surface area contributed by atoms with Gasteiger partial charge in [-0.2, -0.15) is 0 Å². The molecule has 0 unspecified atom stereocenters. The third-order valence-electron chi connectivity index (χ3n) is 3.12.